The quantitative estimate of drug-likeness (QED) is 0.767. The Labute approximate surface area is 163 Å². The Morgan fingerprint density at radius 3 is 2.59 bits per heavy atom. The molecule has 0 aliphatic carbocycles. The van der Waals surface area contributed by atoms with Gasteiger partial charge in [0, 0.05) is 18.0 Å². The molecule has 1 aromatic heterocycles. The van der Waals surface area contributed by atoms with Gasteiger partial charge < -0.3 is 15.4 Å². The van der Waals surface area contributed by atoms with Crippen molar-refractivity contribution in [2.24, 2.45) is 0 Å². The van der Waals surface area contributed by atoms with Crippen molar-refractivity contribution >= 4 is 27.4 Å². The van der Waals surface area contributed by atoms with Gasteiger partial charge in [0.15, 0.2) is 0 Å². The van der Waals surface area contributed by atoms with Crippen LogP contribution in [0.5, 0.6) is 0 Å². The van der Waals surface area contributed by atoms with Crippen LogP contribution in [0.1, 0.15) is 23.4 Å². The zero-order valence-corrected chi connectivity index (χ0v) is 16.7. The van der Waals surface area contributed by atoms with Gasteiger partial charge in [-0.1, -0.05) is 30.3 Å². The van der Waals surface area contributed by atoms with Crippen LogP contribution in [0.4, 0.5) is 4.79 Å². The number of hydrogen-bond acceptors (Lipinski definition) is 5. The predicted molar refractivity (Wildman–Crippen MR) is 104 cm³/mol. The summed E-state index contributed by atoms with van der Waals surface area (Å²) in [6.45, 7) is 3.75. The molecule has 0 saturated carbocycles. The SMILES string of the molecule is C[C@H](NC(=O)NCc1ccc(S(=O)(=O)N2CCOCC2)s1)c1ccccc1. The average Bonchev–Trinajstić information content (AvgIpc) is 3.18. The molecule has 1 aromatic carbocycles. The lowest BCUT2D eigenvalue weighted by atomic mass is 10.1. The number of carbonyl (C=O) groups is 1. The highest BCUT2D eigenvalue weighted by Crippen LogP contribution is 2.25. The van der Waals surface area contributed by atoms with Gasteiger partial charge in [0.05, 0.1) is 25.8 Å². The molecule has 1 aliphatic rings. The number of amides is 2. The summed E-state index contributed by atoms with van der Waals surface area (Å²) in [4.78, 5) is 12.9. The Morgan fingerprint density at radius 1 is 1.19 bits per heavy atom. The Morgan fingerprint density at radius 2 is 1.89 bits per heavy atom. The molecular formula is C18H23N3O4S2. The Kier molecular flexibility index (Phi) is 6.48. The highest BCUT2D eigenvalue weighted by atomic mass is 32.2. The second-order valence-corrected chi connectivity index (χ2v) is 9.53. The van der Waals surface area contributed by atoms with E-state index in [0.717, 1.165) is 10.4 Å². The van der Waals surface area contributed by atoms with E-state index in [4.69, 9.17) is 4.74 Å². The molecule has 2 aromatic rings. The minimum atomic E-state index is -3.49. The summed E-state index contributed by atoms with van der Waals surface area (Å²) < 4.78 is 32.2. The van der Waals surface area contributed by atoms with Gasteiger partial charge in [-0.2, -0.15) is 4.31 Å². The van der Waals surface area contributed by atoms with E-state index in [1.807, 2.05) is 37.3 Å². The first-order valence-corrected chi connectivity index (χ1v) is 11.0. The number of nitrogens with one attached hydrogen (secondary N) is 2. The molecule has 0 radical (unpaired) electrons. The second kappa shape index (κ2) is 8.83. The van der Waals surface area contributed by atoms with Crippen molar-refractivity contribution in [2.75, 3.05) is 26.3 Å². The molecule has 1 atom stereocenters. The number of sulfonamides is 1. The molecule has 1 fully saturated rings. The van der Waals surface area contributed by atoms with Crippen molar-refractivity contribution in [3.63, 3.8) is 0 Å². The number of nitrogens with zero attached hydrogens (tertiary/aromatic N) is 1. The predicted octanol–water partition coefficient (Wildman–Crippen LogP) is 2.33. The standard InChI is InChI=1S/C18H23N3O4S2/c1-14(15-5-3-2-4-6-15)20-18(22)19-13-16-7-8-17(26-16)27(23,24)21-9-11-25-12-10-21/h2-8,14H,9-13H2,1H3,(H2,19,20,22)/t14-/m0/s1. The number of morpholine rings is 1. The van der Waals surface area contributed by atoms with Crippen LogP contribution in [0.2, 0.25) is 0 Å². The molecule has 1 aliphatic heterocycles. The smallest absolute Gasteiger partial charge is 0.315 e. The number of benzene rings is 1. The van der Waals surface area contributed by atoms with Gasteiger partial charge in [-0.25, -0.2) is 13.2 Å². The van der Waals surface area contributed by atoms with Crippen LogP contribution >= 0.6 is 11.3 Å². The zero-order valence-electron chi connectivity index (χ0n) is 15.1. The van der Waals surface area contributed by atoms with Crippen molar-refractivity contribution in [1.29, 1.82) is 0 Å². The van der Waals surface area contributed by atoms with Gasteiger partial charge in [0.25, 0.3) is 10.0 Å². The Balaban J connectivity index is 1.54. The van der Waals surface area contributed by atoms with Gasteiger partial charge in [0.2, 0.25) is 0 Å². The van der Waals surface area contributed by atoms with Crippen LogP contribution in [0.25, 0.3) is 0 Å². The third-order valence-corrected chi connectivity index (χ3v) is 7.72. The van der Waals surface area contributed by atoms with E-state index in [2.05, 4.69) is 10.6 Å². The van der Waals surface area contributed by atoms with E-state index < -0.39 is 10.0 Å². The van der Waals surface area contributed by atoms with E-state index in [0.29, 0.717) is 30.5 Å². The van der Waals surface area contributed by atoms with Crippen molar-refractivity contribution in [3.05, 3.63) is 52.9 Å². The van der Waals surface area contributed by atoms with E-state index in [1.165, 1.54) is 15.6 Å². The molecule has 0 bridgehead atoms. The van der Waals surface area contributed by atoms with Gasteiger partial charge in [-0.15, -0.1) is 11.3 Å². The highest BCUT2D eigenvalue weighted by molar-refractivity contribution is 7.91. The van der Waals surface area contributed by atoms with Crippen LogP contribution in [-0.2, 0) is 21.3 Å². The summed E-state index contributed by atoms with van der Waals surface area (Å²) >= 11 is 1.18. The van der Waals surface area contributed by atoms with Gasteiger partial charge >= 0.3 is 6.03 Å². The first-order valence-electron chi connectivity index (χ1n) is 8.73. The Bertz CT molecular complexity index is 862. The molecule has 2 N–H and O–H groups in total. The maximum absolute atomic E-state index is 12.6. The largest absolute Gasteiger partial charge is 0.379 e. The number of ether oxygens (including phenoxy) is 1. The number of carbonyl (C=O) groups excluding carboxylic acids is 1. The fourth-order valence-electron chi connectivity index (χ4n) is 2.75. The van der Waals surface area contributed by atoms with Crippen LogP contribution in [-0.4, -0.2) is 45.1 Å². The van der Waals surface area contributed by atoms with Crippen LogP contribution in [0.15, 0.2) is 46.7 Å². The number of thiophene rings is 1. The monoisotopic (exact) mass is 409 g/mol. The molecule has 0 unspecified atom stereocenters. The zero-order chi connectivity index (χ0) is 19.3. The minimum absolute atomic E-state index is 0.119. The van der Waals surface area contributed by atoms with Crippen molar-refractivity contribution in [2.45, 2.75) is 23.7 Å². The van der Waals surface area contributed by atoms with Gasteiger partial charge in [-0.3, -0.25) is 0 Å². The normalized spacial score (nSPS) is 16.6. The van der Waals surface area contributed by atoms with E-state index >= 15 is 0 Å². The highest BCUT2D eigenvalue weighted by Gasteiger charge is 2.27. The molecule has 3 rings (SSSR count). The van der Waals surface area contributed by atoms with E-state index in [-0.39, 0.29) is 18.6 Å². The third kappa shape index (κ3) is 5.07. The molecule has 27 heavy (non-hydrogen) atoms. The van der Waals surface area contributed by atoms with Crippen molar-refractivity contribution in [1.82, 2.24) is 14.9 Å². The number of rotatable bonds is 6. The van der Waals surface area contributed by atoms with Crippen LogP contribution in [0, 0.1) is 0 Å². The fraction of sp³-hybridized carbons (Fsp3) is 0.389. The molecule has 146 valence electrons. The topological polar surface area (TPSA) is 87.7 Å². The summed E-state index contributed by atoms with van der Waals surface area (Å²) in [5.41, 5.74) is 1.02. The molecular weight excluding hydrogens is 386 g/mol. The first kappa shape index (κ1) is 19.8. The van der Waals surface area contributed by atoms with E-state index in [1.54, 1.807) is 12.1 Å². The number of urea groups is 1. The van der Waals surface area contributed by atoms with Crippen molar-refractivity contribution in [3.8, 4) is 0 Å². The summed E-state index contributed by atoms with van der Waals surface area (Å²) in [5, 5.41) is 5.65. The minimum Gasteiger partial charge on any atom is -0.379 e. The number of hydrogen-bond donors (Lipinski definition) is 2. The van der Waals surface area contributed by atoms with E-state index in [9.17, 15) is 13.2 Å². The summed E-state index contributed by atoms with van der Waals surface area (Å²) in [6, 6.07) is 12.6. The van der Waals surface area contributed by atoms with Gasteiger partial charge in [0.1, 0.15) is 4.21 Å². The molecule has 9 heteroatoms. The summed E-state index contributed by atoms with van der Waals surface area (Å²) in [6.07, 6.45) is 0. The average molecular weight is 410 g/mol. The van der Waals surface area contributed by atoms with Crippen LogP contribution in [0.3, 0.4) is 0 Å². The third-order valence-electron chi connectivity index (χ3n) is 4.27. The fourth-order valence-corrected chi connectivity index (χ4v) is 5.60. The lowest BCUT2D eigenvalue weighted by Gasteiger charge is -2.25. The van der Waals surface area contributed by atoms with Gasteiger partial charge in [-0.05, 0) is 24.6 Å². The molecule has 2 amide bonds. The maximum Gasteiger partial charge on any atom is 0.315 e. The van der Waals surface area contributed by atoms with Crippen molar-refractivity contribution < 1.29 is 17.9 Å². The lowest BCUT2D eigenvalue weighted by Crippen LogP contribution is -2.40. The molecule has 1 saturated heterocycles. The second-order valence-electron chi connectivity index (χ2n) is 6.20. The van der Waals surface area contributed by atoms with Crippen LogP contribution < -0.4 is 10.6 Å². The summed E-state index contributed by atoms with van der Waals surface area (Å²) in [5.74, 6) is 0. The lowest BCUT2D eigenvalue weighted by molar-refractivity contribution is 0.0731. The Hall–Kier alpha value is -1.94. The first-order chi connectivity index (χ1) is 13.0. The molecule has 0 spiro atoms. The molecule has 2 heterocycles. The maximum atomic E-state index is 12.6. The molecule has 7 nitrogen and oxygen atoms in total. The summed E-state index contributed by atoms with van der Waals surface area (Å²) in [7, 11) is -3.49.